The number of hydrogen-bond donors (Lipinski definition) is 3. The van der Waals surface area contributed by atoms with E-state index in [1.165, 1.54) is 19.1 Å². The number of carboxylic acid groups (broad SMARTS) is 2. The molecule has 1 aliphatic rings. The van der Waals surface area contributed by atoms with Crippen LogP contribution in [0.3, 0.4) is 0 Å². The molecule has 12 nitrogen and oxygen atoms in total. The number of carboxylic acids is 2. The zero-order valence-corrected chi connectivity index (χ0v) is 17.0. The number of urea groups is 1. The summed E-state index contributed by atoms with van der Waals surface area (Å²) in [6.07, 6.45) is 0. The lowest BCUT2D eigenvalue weighted by Gasteiger charge is -2.33. The van der Waals surface area contributed by atoms with Crippen molar-refractivity contribution >= 4 is 23.9 Å². The van der Waals surface area contributed by atoms with Gasteiger partial charge in [0.15, 0.2) is 0 Å². The number of methoxy groups -OCH3 is 1. The molecule has 0 aliphatic carbocycles. The van der Waals surface area contributed by atoms with Crippen molar-refractivity contribution in [2.45, 2.75) is 0 Å². The Kier molecular flexibility index (Phi) is 10.9. The number of aliphatic carboxylic acids is 2. The van der Waals surface area contributed by atoms with Crippen LogP contribution in [-0.2, 0) is 19.1 Å². The van der Waals surface area contributed by atoms with Crippen molar-refractivity contribution in [1.29, 1.82) is 0 Å². The molecule has 166 valence electrons. The molecule has 0 bridgehead atoms. The van der Waals surface area contributed by atoms with Gasteiger partial charge in [0.05, 0.1) is 26.7 Å². The summed E-state index contributed by atoms with van der Waals surface area (Å²) in [5.74, 6) is -2.37. The zero-order chi connectivity index (χ0) is 21.8. The third kappa shape index (κ3) is 10.1. The van der Waals surface area contributed by atoms with E-state index >= 15 is 0 Å². The number of nitrogens with one attached hydrogen (secondary N) is 1. The highest BCUT2D eigenvalue weighted by molar-refractivity contribution is 5.74. The largest absolute Gasteiger partial charge is 0.480 e. The molecule has 2 amide bonds. The second kappa shape index (κ2) is 12.9. The maximum Gasteiger partial charge on any atom is 0.319 e. The molecule has 0 radical (unpaired) electrons. The van der Waals surface area contributed by atoms with Crippen LogP contribution in [0, 0.1) is 0 Å². The Labute approximate surface area is 170 Å². The molecule has 12 heteroatoms. The molecule has 1 aliphatic heterocycles. The third-order valence-electron chi connectivity index (χ3n) is 4.64. The summed E-state index contributed by atoms with van der Waals surface area (Å²) in [6, 6.07) is -0.306. The Morgan fingerprint density at radius 2 is 1.14 bits per heavy atom. The van der Waals surface area contributed by atoms with Crippen LogP contribution >= 0.6 is 0 Å². The number of carbonyl (C=O) groups excluding carboxylic acids is 2. The predicted octanol–water partition coefficient (Wildman–Crippen LogP) is -2.11. The second-order valence-electron chi connectivity index (χ2n) is 6.73. The van der Waals surface area contributed by atoms with E-state index in [-0.39, 0.29) is 25.7 Å². The van der Waals surface area contributed by atoms with Crippen LogP contribution in [-0.4, -0.2) is 140 Å². The third-order valence-corrected chi connectivity index (χ3v) is 4.64. The summed E-state index contributed by atoms with van der Waals surface area (Å²) >= 11 is 0. The first kappa shape index (κ1) is 24.6. The molecule has 1 heterocycles. The number of esters is 1. The van der Waals surface area contributed by atoms with Gasteiger partial charge >= 0.3 is 23.9 Å². The molecular weight excluding hydrogens is 386 g/mol. The van der Waals surface area contributed by atoms with Crippen molar-refractivity contribution in [3.05, 3.63) is 0 Å². The van der Waals surface area contributed by atoms with Gasteiger partial charge in [0.1, 0.15) is 0 Å². The van der Waals surface area contributed by atoms with Gasteiger partial charge in [-0.2, -0.15) is 0 Å². The number of ether oxygens (including phenoxy) is 1. The van der Waals surface area contributed by atoms with Gasteiger partial charge in [-0.15, -0.1) is 0 Å². The Morgan fingerprint density at radius 3 is 1.48 bits per heavy atom. The quantitative estimate of drug-likeness (QED) is 0.411. The van der Waals surface area contributed by atoms with E-state index in [0.717, 1.165) is 0 Å². The number of amides is 2. The monoisotopic (exact) mass is 417 g/mol. The SMILES string of the molecule is CNC(=O)N1CCN(CC(=O)O)CCN(CC(=O)OC)CCN(CC(=O)O)CC1. The van der Waals surface area contributed by atoms with E-state index in [0.29, 0.717) is 52.4 Å². The molecule has 0 aromatic carbocycles. The van der Waals surface area contributed by atoms with E-state index < -0.39 is 17.9 Å². The fourth-order valence-corrected chi connectivity index (χ4v) is 3.00. The lowest BCUT2D eigenvalue weighted by molar-refractivity contribution is -0.143. The molecule has 0 aromatic rings. The van der Waals surface area contributed by atoms with Crippen molar-refractivity contribution in [3.8, 4) is 0 Å². The zero-order valence-electron chi connectivity index (χ0n) is 17.0. The summed E-state index contributed by atoms with van der Waals surface area (Å²) < 4.78 is 4.71. The summed E-state index contributed by atoms with van der Waals surface area (Å²) in [4.78, 5) is 53.0. The number of carbonyl (C=O) groups is 4. The fraction of sp³-hybridized carbons (Fsp3) is 0.765. The summed E-state index contributed by atoms with van der Waals surface area (Å²) in [6.45, 7) is 2.51. The molecule has 0 unspecified atom stereocenters. The van der Waals surface area contributed by atoms with Gasteiger partial charge in [0.25, 0.3) is 0 Å². The van der Waals surface area contributed by atoms with E-state index in [1.807, 2.05) is 4.90 Å². The Hall–Kier alpha value is -2.44. The van der Waals surface area contributed by atoms with Crippen LogP contribution in [0.15, 0.2) is 0 Å². The van der Waals surface area contributed by atoms with Gasteiger partial charge < -0.3 is 25.2 Å². The summed E-state index contributed by atoms with van der Waals surface area (Å²) in [5.41, 5.74) is 0. The molecule has 0 spiro atoms. The van der Waals surface area contributed by atoms with Gasteiger partial charge in [0, 0.05) is 59.4 Å². The molecule has 3 N–H and O–H groups in total. The van der Waals surface area contributed by atoms with Gasteiger partial charge in [0.2, 0.25) is 0 Å². The van der Waals surface area contributed by atoms with Crippen LogP contribution < -0.4 is 5.32 Å². The smallest absolute Gasteiger partial charge is 0.319 e. The minimum absolute atomic E-state index is 0.0304. The Morgan fingerprint density at radius 1 is 0.759 bits per heavy atom. The van der Waals surface area contributed by atoms with Gasteiger partial charge in [-0.3, -0.25) is 29.1 Å². The van der Waals surface area contributed by atoms with Crippen LogP contribution in [0.25, 0.3) is 0 Å². The maximum atomic E-state index is 12.1. The summed E-state index contributed by atoms with van der Waals surface area (Å²) in [5, 5.41) is 20.9. The van der Waals surface area contributed by atoms with Gasteiger partial charge in [-0.05, 0) is 0 Å². The summed E-state index contributed by atoms with van der Waals surface area (Å²) in [7, 11) is 2.80. The van der Waals surface area contributed by atoms with Crippen molar-refractivity contribution in [1.82, 2.24) is 24.9 Å². The molecule has 1 fully saturated rings. The van der Waals surface area contributed by atoms with Crippen LogP contribution in [0.5, 0.6) is 0 Å². The minimum atomic E-state index is -0.976. The van der Waals surface area contributed by atoms with Crippen LogP contribution in [0.4, 0.5) is 4.79 Å². The van der Waals surface area contributed by atoms with Crippen molar-refractivity contribution in [3.63, 3.8) is 0 Å². The second-order valence-corrected chi connectivity index (χ2v) is 6.73. The van der Waals surface area contributed by atoms with Gasteiger partial charge in [-0.1, -0.05) is 0 Å². The lowest BCUT2D eigenvalue weighted by atomic mass is 10.3. The average molecular weight is 417 g/mol. The highest BCUT2D eigenvalue weighted by Crippen LogP contribution is 2.02. The van der Waals surface area contributed by atoms with Crippen molar-refractivity contribution in [2.75, 3.05) is 86.1 Å². The topological polar surface area (TPSA) is 143 Å². The Balaban J connectivity index is 2.95. The van der Waals surface area contributed by atoms with E-state index in [4.69, 9.17) is 14.9 Å². The predicted molar refractivity (Wildman–Crippen MR) is 103 cm³/mol. The molecule has 0 saturated carbocycles. The number of nitrogens with zero attached hydrogens (tertiary/aromatic N) is 4. The first-order valence-electron chi connectivity index (χ1n) is 9.39. The number of hydrogen-bond acceptors (Lipinski definition) is 8. The maximum absolute atomic E-state index is 12.1. The Bertz CT molecular complexity index is 542. The van der Waals surface area contributed by atoms with Crippen molar-refractivity contribution in [2.24, 2.45) is 0 Å². The normalized spacial score (nSPS) is 18.3. The first-order chi connectivity index (χ1) is 13.7. The minimum Gasteiger partial charge on any atom is -0.480 e. The van der Waals surface area contributed by atoms with E-state index in [9.17, 15) is 19.2 Å². The van der Waals surface area contributed by atoms with Crippen LogP contribution in [0.1, 0.15) is 0 Å². The highest BCUT2D eigenvalue weighted by Gasteiger charge is 2.21. The van der Waals surface area contributed by atoms with E-state index in [1.54, 1.807) is 9.80 Å². The van der Waals surface area contributed by atoms with Crippen molar-refractivity contribution < 1.29 is 34.1 Å². The molecule has 1 rings (SSSR count). The highest BCUT2D eigenvalue weighted by atomic mass is 16.5. The molecule has 0 atom stereocenters. The fourth-order valence-electron chi connectivity index (χ4n) is 3.00. The number of rotatable bonds is 6. The molecule has 29 heavy (non-hydrogen) atoms. The van der Waals surface area contributed by atoms with Crippen LogP contribution in [0.2, 0.25) is 0 Å². The standard InChI is InChI=1S/C17H31N5O7/c1-18-17(28)22-9-7-19(11-14(23)24)3-5-21(13-16(27)29-2)6-4-20(8-10-22)12-15(25)26/h3-13H2,1-2H3,(H,18,28)(H,23,24)(H,25,26). The lowest BCUT2D eigenvalue weighted by Crippen LogP contribution is -2.50. The molecule has 0 aromatic heterocycles. The van der Waals surface area contributed by atoms with E-state index in [2.05, 4.69) is 5.32 Å². The van der Waals surface area contributed by atoms with Gasteiger partial charge in [-0.25, -0.2) is 4.79 Å². The average Bonchev–Trinajstić information content (AvgIpc) is 2.66. The molecule has 1 saturated heterocycles. The molecular formula is C17H31N5O7. The first-order valence-corrected chi connectivity index (χ1v) is 9.39.